The van der Waals surface area contributed by atoms with Gasteiger partial charge in [0.25, 0.3) is 0 Å². The van der Waals surface area contributed by atoms with E-state index in [9.17, 15) is 0 Å². The van der Waals surface area contributed by atoms with Gasteiger partial charge in [-0.15, -0.1) is 0 Å². The molecule has 0 saturated heterocycles. The quantitative estimate of drug-likeness (QED) is 0.539. The van der Waals surface area contributed by atoms with Crippen molar-refractivity contribution in [2.24, 2.45) is 0 Å². The van der Waals surface area contributed by atoms with Gasteiger partial charge in [-0.1, -0.05) is 36.5 Å². The van der Waals surface area contributed by atoms with Crippen LogP contribution in [0.2, 0.25) is 0 Å². The van der Waals surface area contributed by atoms with Crippen LogP contribution < -0.4 is 0 Å². The lowest BCUT2D eigenvalue weighted by Crippen LogP contribution is -1.89. The van der Waals surface area contributed by atoms with Crippen LogP contribution in [0.25, 0.3) is 0 Å². The van der Waals surface area contributed by atoms with Gasteiger partial charge < -0.3 is 0 Å². The van der Waals surface area contributed by atoms with Crippen molar-refractivity contribution >= 4 is 0 Å². The Morgan fingerprint density at radius 2 is 2.25 bits per heavy atom. The summed E-state index contributed by atoms with van der Waals surface area (Å²) in [6, 6.07) is 0. The molecule has 0 spiro atoms. The zero-order chi connectivity index (χ0) is 8.81. The standard InChI is InChI=1S/C12H16/c1-3-8-11(4-2)12-9-6-5-7-10-12/h3-6,8-9H,7,10H2,1-2H3/b8-3-,11-4+. The maximum Gasteiger partial charge on any atom is -0.0238 e. The van der Waals surface area contributed by atoms with E-state index in [1.807, 2.05) is 0 Å². The SMILES string of the molecule is C/C=C\C(=C/C)C1=CC=CCC1. The van der Waals surface area contributed by atoms with E-state index in [2.05, 4.69) is 50.3 Å². The summed E-state index contributed by atoms with van der Waals surface area (Å²) >= 11 is 0. The molecule has 0 unspecified atom stereocenters. The molecule has 1 aliphatic carbocycles. The minimum Gasteiger partial charge on any atom is -0.0871 e. The predicted molar refractivity (Wildman–Crippen MR) is 55.0 cm³/mol. The molecule has 1 rings (SSSR count). The first-order valence-electron chi connectivity index (χ1n) is 4.53. The summed E-state index contributed by atoms with van der Waals surface area (Å²) in [7, 11) is 0. The fourth-order valence-electron chi connectivity index (χ4n) is 1.41. The molecule has 0 aromatic carbocycles. The van der Waals surface area contributed by atoms with Gasteiger partial charge in [0.1, 0.15) is 0 Å². The zero-order valence-corrected chi connectivity index (χ0v) is 7.88. The van der Waals surface area contributed by atoms with Crippen molar-refractivity contribution in [1.82, 2.24) is 0 Å². The summed E-state index contributed by atoms with van der Waals surface area (Å²) in [4.78, 5) is 0. The Kier molecular flexibility index (Phi) is 3.59. The van der Waals surface area contributed by atoms with Crippen LogP contribution in [-0.4, -0.2) is 0 Å². The smallest absolute Gasteiger partial charge is 0.0238 e. The van der Waals surface area contributed by atoms with Crippen molar-refractivity contribution in [2.75, 3.05) is 0 Å². The molecule has 12 heavy (non-hydrogen) atoms. The molecule has 0 bridgehead atoms. The summed E-state index contributed by atoms with van der Waals surface area (Å²) in [5.41, 5.74) is 2.82. The van der Waals surface area contributed by atoms with E-state index in [-0.39, 0.29) is 0 Å². The minimum atomic E-state index is 1.18. The second kappa shape index (κ2) is 4.76. The molecule has 0 amide bonds. The maximum absolute atomic E-state index is 2.21. The van der Waals surface area contributed by atoms with E-state index >= 15 is 0 Å². The summed E-state index contributed by atoms with van der Waals surface area (Å²) < 4.78 is 0. The maximum atomic E-state index is 2.21. The van der Waals surface area contributed by atoms with Crippen molar-refractivity contribution in [3.63, 3.8) is 0 Å². The molecule has 0 heteroatoms. The Bertz CT molecular complexity index is 249. The molecule has 0 saturated carbocycles. The lowest BCUT2D eigenvalue weighted by atomic mass is 9.97. The van der Waals surface area contributed by atoms with Crippen LogP contribution >= 0.6 is 0 Å². The number of rotatable bonds is 2. The average Bonchev–Trinajstić information content (AvgIpc) is 2.15. The lowest BCUT2D eigenvalue weighted by Gasteiger charge is -2.09. The van der Waals surface area contributed by atoms with Crippen molar-refractivity contribution in [2.45, 2.75) is 26.7 Å². The molecule has 0 aromatic rings. The Morgan fingerprint density at radius 3 is 2.75 bits per heavy atom. The summed E-state index contributed by atoms with van der Waals surface area (Å²) in [5, 5.41) is 0. The Morgan fingerprint density at radius 1 is 1.42 bits per heavy atom. The van der Waals surface area contributed by atoms with Crippen molar-refractivity contribution in [3.8, 4) is 0 Å². The molecular weight excluding hydrogens is 144 g/mol. The number of hydrogen-bond acceptors (Lipinski definition) is 0. The molecule has 0 N–H and O–H groups in total. The fraction of sp³-hybridized carbons (Fsp3) is 0.333. The van der Waals surface area contributed by atoms with Gasteiger partial charge in [0.15, 0.2) is 0 Å². The van der Waals surface area contributed by atoms with Gasteiger partial charge in [0.05, 0.1) is 0 Å². The van der Waals surface area contributed by atoms with Crippen LogP contribution in [0.1, 0.15) is 26.7 Å². The molecule has 64 valence electrons. The number of allylic oxidation sites excluding steroid dienone is 8. The van der Waals surface area contributed by atoms with Gasteiger partial charge >= 0.3 is 0 Å². The van der Waals surface area contributed by atoms with Gasteiger partial charge in [-0.3, -0.25) is 0 Å². The van der Waals surface area contributed by atoms with Gasteiger partial charge in [0, 0.05) is 0 Å². The predicted octanol–water partition coefficient (Wildman–Crippen LogP) is 3.79. The minimum absolute atomic E-state index is 1.18. The highest BCUT2D eigenvalue weighted by Gasteiger charge is 2.01. The van der Waals surface area contributed by atoms with E-state index < -0.39 is 0 Å². The third kappa shape index (κ3) is 2.23. The first kappa shape index (κ1) is 9.05. The van der Waals surface area contributed by atoms with E-state index in [1.54, 1.807) is 0 Å². The van der Waals surface area contributed by atoms with Gasteiger partial charge in [0.2, 0.25) is 0 Å². The van der Waals surface area contributed by atoms with Crippen LogP contribution in [0.4, 0.5) is 0 Å². The van der Waals surface area contributed by atoms with Crippen LogP contribution in [0.5, 0.6) is 0 Å². The average molecular weight is 160 g/mol. The highest BCUT2D eigenvalue weighted by molar-refractivity contribution is 5.42. The van der Waals surface area contributed by atoms with Gasteiger partial charge in [-0.2, -0.15) is 0 Å². The third-order valence-electron chi connectivity index (χ3n) is 2.04. The Hall–Kier alpha value is -1.04. The molecule has 0 aromatic heterocycles. The van der Waals surface area contributed by atoms with Crippen LogP contribution in [0, 0.1) is 0 Å². The fourth-order valence-corrected chi connectivity index (χ4v) is 1.41. The van der Waals surface area contributed by atoms with Crippen molar-refractivity contribution in [3.05, 3.63) is 47.6 Å². The summed E-state index contributed by atoms with van der Waals surface area (Å²) in [6.45, 7) is 4.15. The van der Waals surface area contributed by atoms with E-state index in [4.69, 9.17) is 0 Å². The normalized spacial score (nSPS) is 18.5. The molecular formula is C12H16. The molecule has 0 fully saturated rings. The van der Waals surface area contributed by atoms with Gasteiger partial charge in [-0.25, -0.2) is 0 Å². The van der Waals surface area contributed by atoms with Crippen LogP contribution in [0.15, 0.2) is 47.6 Å². The molecule has 0 heterocycles. The van der Waals surface area contributed by atoms with E-state index in [1.165, 1.54) is 24.0 Å². The molecule has 0 nitrogen and oxygen atoms in total. The van der Waals surface area contributed by atoms with Crippen molar-refractivity contribution in [1.29, 1.82) is 0 Å². The zero-order valence-electron chi connectivity index (χ0n) is 7.88. The second-order valence-corrected chi connectivity index (χ2v) is 2.90. The molecule has 0 radical (unpaired) electrons. The molecule has 0 atom stereocenters. The highest BCUT2D eigenvalue weighted by atomic mass is 14.1. The third-order valence-corrected chi connectivity index (χ3v) is 2.04. The Balaban J connectivity index is 2.79. The highest BCUT2D eigenvalue weighted by Crippen LogP contribution is 2.20. The van der Waals surface area contributed by atoms with E-state index in [0.29, 0.717) is 0 Å². The first-order chi connectivity index (χ1) is 5.88. The van der Waals surface area contributed by atoms with Crippen LogP contribution in [-0.2, 0) is 0 Å². The molecule has 1 aliphatic rings. The van der Waals surface area contributed by atoms with Crippen molar-refractivity contribution < 1.29 is 0 Å². The summed E-state index contributed by atoms with van der Waals surface area (Å²) in [5.74, 6) is 0. The largest absolute Gasteiger partial charge is 0.0871 e. The Labute approximate surface area is 75.0 Å². The summed E-state index contributed by atoms with van der Waals surface area (Å²) in [6.07, 6.45) is 15.4. The van der Waals surface area contributed by atoms with Crippen LogP contribution in [0.3, 0.4) is 0 Å². The second-order valence-electron chi connectivity index (χ2n) is 2.90. The monoisotopic (exact) mass is 160 g/mol. The first-order valence-corrected chi connectivity index (χ1v) is 4.53. The molecule has 0 aliphatic heterocycles. The number of hydrogen-bond donors (Lipinski definition) is 0. The lowest BCUT2D eigenvalue weighted by molar-refractivity contribution is 0.976. The van der Waals surface area contributed by atoms with E-state index in [0.717, 1.165) is 0 Å². The van der Waals surface area contributed by atoms with Gasteiger partial charge in [-0.05, 0) is 37.8 Å². The topological polar surface area (TPSA) is 0 Å².